The molecule has 24 heavy (non-hydrogen) atoms. The van der Waals surface area contributed by atoms with Gasteiger partial charge in [-0.3, -0.25) is 4.79 Å². The Morgan fingerprint density at radius 1 is 1.17 bits per heavy atom. The zero-order valence-corrected chi connectivity index (χ0v) is 13.9. The van der Waals surface area contributed by atoms with Crippen LogP contribution in [0, 0.1) is 0 Å². The molecule has 126 valence electrons. The number of carbonyl (C=O) groups excluding carboxylic acids is 1. The van der Waals surface area contributed by atoms with E-state index in [9.17, 15) is 14.7 Å². The van der Waals surface area contributed by atoms with E-state index in [1.807, 2.05) is 30.3 Å². The predicted molar refractivity (Wildman–Crippen MR) is 88.8 cm³/mol. The molecule has 0 aliphatic rings. The average molecular weight is 328 g/mol. The Hall–Kier alpha value is -2.89. The van der Waals surface area contributed by atoms with E-state index in [0.717, 1.165) is 5.56 Å². The van der Waals surface area contributed by atoms with Gasteiger partial charge in [-0.25, -0.2) is 9.78 Å². The number of rotatable bonds is 6. The van der Waals surface area contributed by atoms with E-state index in [1.165, 1.54) is 32.0 Å². The summed E-state index contributed by atoms with van der Waals surface area (Å²) in [5.41, 5.74) is 0.0146. The fourth-order valence-electron chi connectivity index (χ4n) is 1.91. The molecule has 0 saturated carbocycles. The van der Waals surface area contributed by atoms with Crippen LogP contribution in [0.2, 0.25) is 0 Å². The van der Waals surface area contributed by atoms with Crippen LogP contribution in [0.25, 0.3) is 0 Å². The monoisotopic (exact) mass is 328 g/mol. The van der Waals surface area contributed by atoms with E-state index in [-0.39, 0.29) is 0 Å². The summed E-state index contributed by atoms with van der Waals surface area (Å²) < 4.78 is 5.56. The van der Waals surface area contributed by atoms with E-state index in [4.69, 9.17) is 4.74 Å². The number of pyridine rings is 1. The lowest BCUT2D eigenvalue weighted by Crippen LogP contribution is -2.50. The Morgan fingerprint density at radius 2 is 1.83 bits per heavy atom. The number of amides is 1. The standard InChI is InChI=1S/C18H20N2O4/c1-18(2,17(22)23)20(3)16(21)14-9-10-15(19-11-14)24-12-13-7-5-4-6-8-13/h4-11H,12H2,1-3H3,(H,22,23). The van der Waals surface area contributed by atoms with Gasteiger partial charge in [0.2, 0.25) is 5.88 Å². The highest BCUT2D eigenvalue weighted by atomic mass is 16.5. The van der Waals surface area contributed by atoms with Gasteiger partial charge in [0.05, 0.1) is 5.56 Å². The average Bonchev–Trinajstić information content (AvgIpc) is 2.60. The Bertz CT molecular complexity index is 712. The van der Waals surface area contributed by atoms with Gasteiger partial charge in [0.1, 0.15) is 12.1 Å². The van der Waals surface area contributed by atoms with Crippen molar-refractivity contribution in [2.75, 3.05) is 7.05 Å². The SMILES string of the molecule is CN(C(=O)c1ccc(OCc2ccccc2)nc1)C(C)(C)C(=O)O. The molecule has 0 spiro atoms. The molecule has 1 heterocycles. The second kappa shape index (κ2) is 7.12. The molecule has 0 fully saturated rings. The van der Waals surface area contributed by atoms with E-state index in [2.05, 4.69) is 4.98 Å². The number of carboxylic acids is 1. The molecule has 1 aromatic heterocycles. The third kappa shape index (κ3) is 3.90. The Balaban J connectivity index is 2.03. The van der Waals surface area contributed by atoms with Crippen molar-refractivity contribution in [1.29, 1.82) is 0 Å². The van der Waals surface area contributed by atoms with Crippen molar-refractivity contribution in [3.63, 3.8) is 0 Å². The molecular weight excluding hydrogens is 308 g/mol. The lowest BCUT2D eigenvalue weighted by atomic mass is 10.0. The molecule has 6 nitrogen and oxygen atoms in total. The van der Waals surface area contributed by atoms with Gasteiger partial charge in [-0.1, -0.05) is 30.3 Å². The van der Waals surface area contributed by atoms with Crippen LogP contribution in [0.3, 0.4) is 0 Å². The number of likely N-dealkylation sites (N-methyl/N-ethyl adjacent to an activating group) is 1. The fourth-order valence-corrected chi connectivity index (χ4v) is 1.91. The summed E-state index contributed by atoms with van der Waals surface area (Å²) in [7, 11) is 1.45. The van der Waals surface area contributed by atoms with Gasteiger partial charge >= 0.3 is 5.97 Å². The largest absolute Gasteiger partial charge is 0.480 e. The first-order valence-electron chi connectivity index (χ1n) is 7.46. The summed E-state index contributed by atoms with van der Waals surface area (Å²) in [5.74, 6) is -1.09. The van der Waals surface area contributed by atoms with Crippen LogP contribution < -0.4 is 4.74 Å². The lowest BCUT2D eigenvalue weighted by molar-refractivity contribution is -0.147. The number of hydrogen-bond acceptors (Lipinski definition) is 4. The first kappa shape index (κ1) is 17.5. The number of carbonyl (C=O) groups is 2. The van der Waals surface area contributed by atoms with Gasteiger partial charge in [-0.05, 0) is 25.5 Å². The number of ether oxygens (including phenoxy) is 1. The molecule has 1 amide bonds. The minimum Gasteiger partial charge on any atom is -0.480 e. The van der Waals surface area contributed by atoms with Crippen molar-refractivity contribution in [3.05, 3.63) is 59.8 Å². The lowest BCUT2D eigenvalue weighted by Gasteiger charge is -2.31. The number of nitrogens with zero attached hydrogens (tertiary/aromatic N) is 2. The molecule has 0 saturated heterocycles. The van der Waals surface area contributed by atoms with Crippen molar-refractivity contribution >= 4 is 11.9 Å². The third-order valence-electron chi connectivity index (χ3n) is 3.88. The zero-order valence-electron chi connectivity index (χ0n) is 13.9. The molecule has 1 N–H and O–H groups in total. The third-order valence-corrected chi connectivity index (χ3v) is 3.88. The molecule has 2 aromatic rings. The maximum Gasteiger partial charge on any atom is 0.329 e. The van der Waals surface area contributed by atoms with Crippen LogP contribution in [-0.4, -0.2) is 39.5 Å². The van der Waals surface area contributed by atoms with Crippen LogP contribution >= 0.6 is 0 Å². The van der Waals surface area contributed by atoms with Crippen LogP contribution in [0.4, 0.5) is 0 Å². The second-order valence-corrected chi connectivity index (χ2v) is 5.89. The highest BCUT2D eigenvalue weighted by Gasteiger charge is 2.35. The second-order valence-electron chi connectivity index (χ2n) is 5.89. The normalized spacial score (nSPS) is 11.0. The number of carboxylic acid groups (broad SMARTS) is 1. The Labute approximate surface area is 140 Å². The summed E-state index contributed by atoms with van der Waals surface area (Å²) in [4.78, 5) is 28.9. The van der Waals surface area contributed by atoms with Gasteiger partial charge in [0.25, 0.3) is 5.91 Å². The van der Waals surface area contributed by atoms with E-state index in [0.29, 0.717) is 18.1 Å². The summed E-state index contributed by atoms with van der Waals surface area (Å²) in [5, 5.41) is 9.20. The number of aliphatic carboxylic acids is 1. The highest BCUT2D eigenvalue weighted by Crippen LogP contribution is 2.17. The first-order chi connectivity index (χ1) is 11.3. The summed E-state index contributed by atoms with van der Waals surface area (Å²) in [6.07, 6.45) is 1.39. The quantitative estimate of drug-likeness (QED) is 0.881. The van der Waals surface area contributed by atoms with Crippen molar-refractivity contribution in [3.8, 4) is 5.88 Å². The van der Waals surface area contributed by atoms with Crippen molar-refractivity contribution in [2.24, 2.45) is 0 Å². The van der Waals surface area contributed by atoms with Crippen molar-refractivity contribution in [1.82, 2.24) is 9.88 Å². The minimum atomic E-state index is -1.31. The molecule has 0 bridgehead atoms. The Morgan fingerprint density at radius 3 is 2.38 bits per heavy atom. The fraction of sp³-hybridized carbons (Fsp3) is 0.278. The van der Waals surface area contributed by atoms with Gasteiger partial charge in [-0.15, -0.1) is 0 Å². The van der Waals surface area contributed by atoms with E-state index in [1.54, 1.807) is 12.1 Å². The minimum absolute atomic E-state index is 0.305. The molecule has 0 radical (unpaired) electrons. The van der Waals surface area contributed by atoms with Gasteiger partial charge in [-0.2, -0.15) is 0 Å². The smallest absolute Gasteiger partial charge is 0.329 e. The van der Waals surface area contributed by atoms with E-state index < -0.39 is 17.4 Å². The Kier molecular flexibility index (Phi) is 5.18. The number of aromatic nitrogens is 1. The number of hydrogen-bond donors (Lipinski definition) is 1. The highest BCUT2D eigenvalue weighted by molar-refractivity contribution is 5.97. The maximum absolute atomic E-state index is 12.4. The zero-order chi connectivity index (χ0) is 17.7. The van der Waals surface area contributed by atoms with Crippen molar-refractivity contribution in [2.45, 2.75) is 26.0 Å². The van der Waals surface area contributed by atoms with Crippen molar-refractivity contribution < 1.29 is 19.4 Å². The van der Waals surface area contributed by atoms with Gasteiger partial charge in [0.15, 0.2) is 0 Å². The molecule has 2 rings (SSSR count). The first-order valence-corrected chi connectivity index (χ1v) is 7.46. The molecule has 0 aliphatic heterocycles. The predicted octanol–water partition coefficient (Wildman–Crippen LogP) is 2.60. The number of benzene rings is 1. The van der Waals surface area contributed by atoms with Crippen LogP contribution in [-0.2, 0) is 11.4 Å². The summed E-state index contributed by atoms with van der Waals surface area (Å²) in [6.45, 7) is 3.32. The molecule has 0 atom stereocenters. The van der Waals surface area contributed by atoms with Crippen LogP contribution in [0.5, 0.6) is 5.88 Å². The summed E-state index contributed by atoms with van der Waals surface area (Å²) >= 11 is 0. The van der Waals surface area contributed by atoms with Gasteiger partial charge in [0, 0.05) is 19.3 Å². The molecule has 6 heteroatoms. The van der Waals surface area contributed by atoms with Crippen LogP contribution in [0.1, 0.15) is 29.8 Å². The maximum atomic E-state index is 12.4. The topological polar surface area (TPSA) is 79.7 Å². The molecule has 0 unspecified atom stereocenters. The summed E-state index contributed by atoms with van der Waals surface area (Å²) in [6, 6.07) is 12.8. The molecular formula is C18H20N2O4. The van der Waals surface area contributed by atoms with Gasteiger partial charge < -0.3 is 14.7 Å². The van der Waals surface area contributed by atoms with Crippen LogP contribution in [0.15, 0.2) is 48.7 Å². The van der Waals surface area contributed by atoms with E-state index >= 15 is 0 Å². The molecule has 1 aromatic carbocycles. The molecule has 0 aliphatic carbocycles.